The molecule has 0 bridgehead atoms. The molecule has 0 aliphatic carbocycles. The molecule has 1 aromatic carbocycles. The molecule has 1 aromatic rings. The second kappa shape index (κ2) is 8.11. The molecule has 1 amide bonds. The van der Waals surface area contributed by atoms with Crippen LogP contribution in [0.2, 0.25) is 0 Å². The van der Waals surface area contributed by atoms with Gasteiger partial charge in [-0.3, -0.25) is 4.79 Å². The number of carbonyl (C=O) groups excluding carboxylic acids is 1. The molecule has 3 N–H and O–H groups in total. The zero-order chi connectivity index (χ0) is 15.9. The molecule has 118 valence electrons. The van der Waals surface area contributed by atoms with Crippen LogP contribution < -0.4 is 15.4 Å². The normalized spacial score (nSPS) is 12.9. The minimum absolute atomic E-state index is 0.0420. The first-order valence-electron chi connectivity index (χ1n) is 6.88. The van der Waals surface area contributed by atoms with Crippen LogP contribution in [0.5, 0.6) is 0 Å². The average molecular weight is 313 g/mol. The van der Waals surface area contributed by atoms with E-state index in [0.717, 1.165) is 18.5 Å². The maximum absolute atomic E-state index is 11.8. The third kappa shape index (κ3) is 5.45. The van der Waals surface area contributed by atoms with Crippen molar-refractivity contribution in [3.63, 3.8) is 0 Å². The summed E-state index contributed by atoms with van der Waals surface area (Å²) in [5.74, 6) is -0.0420. The van der Waals surface area contributed by atoms with Gasteiger partial charge in [-0.15, -0.1) is 0 Å². The summed E-state index contributed by atoms with van der Waals surface area (Å²) < 4.78 is 25.8. The van der Waals surface area contributed by atoms with Gasteiger partial charge in [0.25, 0.3) is 0 Å². The molecule has 0 saturated carbocycles. The van der Waals surface area contributed by atoms with Gasteiger partial charge in [-0.25, -0.2) is 13.1 Å². The second-order valence-corrected chi connectivity index (χ2v) is 6.66. The van der Waals surface area contributed by atoms with Crippen molar-refractivity contribution in [3.8, 4) is 0 Å². The fraction of sp³-hybridized carbons (Fsp3) is 0.500. The van der Waals surface area contributed by atoms with Crippen LogP contribution in [0.25, 0.3) is 0 Å². The summed E-state index contributed by atoms with van der Waals surface area (Å²) in [6, 6.07) is 6.33. The van der Waals surface area contributed by atoms with Gasteiger partial charge >= 0.3 is 0 Å². The van der Waals surface area contributed by atoms with Gasteiger partial charge in [0.2, 0.25) is 15.9 Å². The molecule has 21 heavy (non-hydrogen) atoms. The first-order chi connectivity index (χ1) is 9.90. The lowest BCUT2D eigenvalue weighted by atomic mass is 10.1. The highest BCUT2D eigenvalue weighted by molar-refractivity contribution is 7.89. The van der Waals surface area contributed by atoms with E-state index < -0.39 is 10.0 Å². The van der Waals surface area contributed by atoms with E-state index in [1.165, 1.54) is 13.1 Å². The number of sulfonamides is 1. The fourth-order valence-corrected chi connectivity index (χ4v) is 2.68. The van der Waals surface area contributed by atoms with Crippen molar-refractivity contribution in [2.45, 2.75) is 30.7 Å². The van der Waals surface area contributed by atoms with Crippen molar-refractivity contribution in [3.05, 3.63) is 29.8 Å². The quantitative estimate of drug-likeness (QED) is 0.619. The van der Waals surface area contributed by atoms with Crippen LogP contribution in [-0.2, 0) is 14.8 Å². The lowest BCUT2D eigenvalue weighted by Crippen LogP contribution is -2.27. The number of amides is 1. The Labute approximate surface area is 126 Å². The highest BCUT2D eigenvalue weighted by atomic mass is 32.2. The number of hydrogen-bond donors (Lipinski definition) is 3. The molecule has 0 fully saturated rings. The molecule has 0 spiro atoms. The number of hydrogen-bond acceptors (Lipinski definition) is 4. The molecule has 0 heterocycles. The Morgan fingerprint density at radius 2 is 2.00 bits per heavy atom. The van der Waals surface area contributed by atoms with Crippen molar-refractivity contribution in [1.82, 2.24) is 15.4 Å². The fourth-order valence-electron chi connectivity index (χ4n) is 1.89. The first-order valence-corrected chi connectivity index (χ1v) is 8.36. The molecule has 7 heteroatoms. The predicted octanol–water partition coefficient (Wildman–Crippen LogP) is 0.772. The van der Waals surface area contributed by atoms with Gasteiger partial charge in [-0.2, -0.15) is 0 Å². The number of rotatable bonds is 8. The van der Waals surface area contributed by atoms with Crippen LogP contribution >= 0.6 is 0 Å². The standard InChI is InChI=1S/C14H23N3O3S/c1-11(17-14(18)8-5-9-15-2)12-6-4-7-13(10-12)21(19,20)16-3/h4,6-7,10-11,15-16H,5,8-9H2,1-3H3,(H,17,18). The van der Waals surface area contributed by atoms with E-state index in [2.05, 4.69) is 15.4 Å². The van der Waals surface area contributed by atoms with Crippen LogP contribution in [0.1, 0.15) is 31.4 Å². The highest BCUT2D eigenvalue weighted by Crippen LogP contribution is 2.17. The molecule has 0 radical (unpaired) electrons. The van der Waals surface area contributed by atoms with Gasteiger partial charge in [0.05, 0.1) is 10.9 Å². The van der Waals surface area contributed by atoms with Crippen molar-refractivity contribution >= 4 is 15.9 Å². The predicted molar refractivity (Wildman–Crippen MR) is 82.4 cm³/mol. The Balaban J connectivity index is 2.73. The lowest BCUT2D eigenvalue weighted by Gasteiger charge is -2.15. The van der Waals surface area contributed by atoms with Crippen molar-refractivity contribution in [2.24, 2.45) is 0 Å². The monoisotopic (exact) mass is 313 g/mol. The summed E-state index contributed by atoms with van der Waals surface area (Å²) in [6.07, 6.45) is 1.21. The van der Waals surface area contributed by atoms with Gasteiger partial charge in [0.15, 0.2) is 0 Å². The van der Waals surface area contributed by atoms with Crippen LogP contribution in [0, 0.1) is 0 Å². The van der Waals surface area contributed by atoms with E-state index in [0.29, 0.717) is 6.42 Å². The molecule has 6 nitrogen and oxygen atoms in total. The molecular formula is C14H23N3O3S. The van der Waals surface area contributed by atoms with Crippen LogP contribution in [0.4, 0.5) is 0 Å². The highest BCUT2D eigenvalue weighted by Gasteiger charge is 2.14. The van der Waals surface area contributed by atoms with Crippen molar-refractivity contribution in [1.29, 1.82) is 0 Å². The van der Waals surface area contributed by atoms with E-state index in [1.54, 1.807) is 18.2 Å². The summed E-state index contributed by atoms with van der Waals surface area (Å²) in [6.45, 7) is 2.62. The second-order valence-electron chi connectivity index (χ2n) is 4.78. The van der Waals surface area contributed by atoms with Crippen LogP contribution in [-0.4, -0.2) is 35.0 Å². The van der Waals surface area contributed by atoms with Gasteiger partial charge in [0, 0.05) is 6.42 Å². The molecule has 0 aliphatic rings. The summed E-state index contributed by atoms with van der Waals surface area (Å²) in [4.78, 5) is 12.0. The summed E-state index contributed by atoms with van der Waals surface area (Å²) >= 11 is 0. The van der Waals surface area contributed by atoms with Gasteiger partial charge in [-0.1, -0.05) is 12.1 Å². The Morgan fingerprint density at radius 3 is 2.62 bits per heavy atom. The number of nitrogens with one attached hydrogen (secondary N) is 3. The molecule has 1 rings (SSSR count). The molecule has 0 aromatic heterocycles. The Bertz CT molecular complexity index is 573. The smallest absolute Gasteiger partial charge is 0.240 e. The molecule has 0 aliphatic heterocycles. The third-order valence-electron chi connectivity index (χ3n) is 3.15. The average Bonchev–Trinajstić information content (AvgIpc) is 2.47. The largest absolute Gasteiger partial charge is 0.350 e. The maximum Gasteiger partial charge on any atom is 0.240 e. The maximum atomic E-state index is 11.8. The van der Waals surface area contributed by atoms with Gasteiger partial charge in [0.1, 0.15) is 0 Å². The van der Waals surface area contributed by atoms with E-state index in [4.69, 9.17) is 0 Å². The Kier molecular flexibility index (Phi) is 6.80. The van der Waals surface area contributed by atoms with E-state index in [9.17, 15) is 13.2 Å². The van der Waals surface area contributed by atoms with Crippen molar-refractivity contribution < 1.29 is 13.2 Å². The topological polar surface area (TPSA) is 87.3 Å². The van der Waals surface area contributed by atoms with E-state index in [-0.39, 0.29) is 16.8 Å². The van der Waals surface area contributed by atoms with E-state index in [1.807, 2.05) is 14.0 Å². The molecule has 0 saturated heterocycles. The summed E-state index contributed by atoms with van der Waals surface area (Å²) in [5.41, 5.74) is 0.758. The van der Waals surface area contributed by atoms with Crippen LogP contribution in [0.3, 0.4) is 0 Å². The first kappa shape index (κ1) is 17.6. The lowest BCUT2D eigenvalue weighted by molar-refractivity contribution is -0.121. The number of carbonyl (C=O) groups is 1. The van der Waals surface area contributed by atoms with Gasteiger partial charge in [-0.05, 0) is 51.7 Å². The SMILES string of the molecule is CNCCCC(=O)NC(C)c1cccc(S(=O)(=O)NC)c1. The molecular weight excluding hydrogens is 290 g/mol. The van der Waals surface area contributed by atoms with Crippen LogP contribution in [0.15, 0.2) is 29.2 Å². The third-order valence-corrected chi connectivity index (χ3v) is 4.56. The van der Waals surface area contributed by atoms with E-state index >= 15 is 0 Å². The molecule has 1 atom stereocenters. The summed E-state index contributed by atoms with van der Waals surface area (Å²) in [5, 5.41) is 5.85. The molecule has 1 unspecified atom stereocenters. The Morgan fingerprint density at radius 1 is 1.29 bits per heavy atom. The number of benzene rings is 1. The minimum atomic E-state index is -3.47. The minimum Gasteiger partial charge on any atom is -0.350 e. The Hall–Kier alpha value is -1.44. The zero-order valence-electron chi connectivity index (χ0n) is 12.6. The van der Waals surface area contributed by atoms with Gasteiger partial charge < -0.3 is 10.6 Å². The summed E-state index contributed by atoms with van der Waals surface area (Å²) in [7, 11) is -0.260. The van der Waals surface area contributed by atoms with Crippen molar-refractivity contribution in [2.75, 3.05) is 20.6 Å². The zero-order valence-corrected chi connectivity index (χ0v) is 13.5.